The van der Waals surface area contributed by atoms with Crippen LogP contribution >= 0.6 is 0 Å². The zero-order valence-electron chi connectivity index (χ0n) is 14.2. The number of aryl methyl sites for hydroxylation is 1. The van der Waals surface area contributed by atoms with Crippen molar-refractivity contribution >= 4 is 11.7 Å². The molecular formula is C18H26N4O. The number of aromatic nitrogens is 3. The Bertz CT molecular complexity index is 606. The summed E-state index contributed by atoms with van der Waals surface area (Å²) in [7, 11) is 0. The number of carbonyl (C=O) groups is 1. The molecule has 5 nitrogen and oxygen atoms in total. The van der Waals surface area contributed by atoms with Crippen LogP contribution in [0.25, 0.3) is 0 Å². The van der Waals surface area contributed by atoms with Gasteiger partial charge in [0.05, 0.1) is 12.2 Å². The highest BCUT2D eigenvalue weighted by atomic mass is 16.1. The number of rotatable bonds is 8. The molecule has 0 aliphatic carbocycles. The molecule has 124 valence electrons. The minimum absolute atomic E-state index is 0.0272. The van der Waals surface area contributed by atoms with E-state index in [-0.39, 0.29) is 11.9 Å². The lowest BCUT2D eigenvalue weighted by molar-refractivity contribution is -0.116. The van der Waals surface area contributed by atoms with Crippen LogP contribution in [0.2, 0.25) is 0 Å². The van der Waals surface area contributed by atoms with E-state index in [4.69, 9.17) is 0 Å². The van der Waals surface area contributed by atoms with Gasteiger partial charge < -0.3 is 5.32 Å². The van der Waals surface area contributed by atoms with Gasteiger partial charge in [0.2, 0.25) is 5.91 Å². The second-order valence-corrected chi connectivity index (χ2v) is 6.36. The van der Waals surface area contributed by atoms with Gasteiger partial charge >= 0.3 is 0 Å². The van der Waals surface area contributed by atoms with Crippen molar-refractivity contribution in [3.8, 4) is 0 Å². The molecule has 0 spiro atoms. The van der Waals surface area contributed by atoms with Crippen molar-refractivity contribution in [3.05, 3.63) is 42.4 Å². The van der Waals surface area contributed by atoms with Crippen LogP contribution in [0, 0.1) is 5.92 Å². The Morgan fingerprint density at radius 3 is 2.74 bits per heavy atom. The number of nitrogens with zero attached hydrogens (tertiary/aromatic N) is 3. The fourth-order valence-electron chi connectivity index (χ4n) is 2.73. The molecule has 1 atom stereocenters. The van der Waals surface area contributed by atoms with E-state index >= 15 is 0 Å². The SMILES string of the molecule is CC(C)C[C@H](C)n1nccc1NC(=O)CCCc1ccccn1. The van der Waals surface area contributed by atoms with Gasteiger partial charge in [-0.1, -0.05) is 19.9 Å². The van der Waals surface area contributed by atoms with Crippen molar-refractivity contribution in [1.29, 1.82) is 0 Å². The lowest BCUT2D eigenvalue weighted by Crippen LogP contribution is -2.18. The Morgan fingerprint density at radius 2 is 2.04 bits per heavy atom. The summed E-state index contributed by atoms with van der Waals surface area (Å²) in [6.07, 6.45) is 6.64. The number of carbonyl (C=O) groups excluding carboxylic acids is 1. The molecule has 0 saturated carbocycles. The molecule has 5 heteroatoms. The molecular weight excluding hydrogens is 288 g/mol. The molecule has 2 heterocycles. The third kappa shape index (κ3) is 5.51. The Balaban J connectivity index is 1.82. The number of amides is 1. The number of nitrogens with one attached hydrogen (secondary N) is 1. The first-order valence-electron chi connectivity index (χ1n) is 8.29. The highest BCUT2D eigenvalue weighted by molar-refractivity contribution is 5.89. The van der Waals surface area contributed by atoms with E-state index in [0.29, 0.717) is 12.3 Å². The highest BCUT2D eigenvalue weighted by Crippen LogP contribution is 2.20. The maximum absolute atomic E-state index is 12.1. The van der Waals surface area contributed by atoms with Gasteiger partial charge in [0.15, 0.2) is 0 Å². The van der Waals surface area contributed by atoms with Crippen molar-refractivity contribution in [3.63, 3.8) is 0 Å². The van der Waals surface area contributed by atoms with Gasteiger partial charge in [-0.15, -0.1) is 0 Å². The molecule has 2 rings (SSSR count). The van der Waals surface area contributed by atoms with Crippen molar-refractivity contribution in [2.75, 3.05) is 5.32 Å². The minimum Gasteiger partial charge on any atom is -0.311 e. The molecule has 2 aromatic heterocycles. The average molecular weight is 314 g/mol. The molecule has 1 amide bonds. The van der Waals surface area contributed by atoms with Crippen LogP contribution in [0.3, 0.4) is 0 Å². The monoisotopic (exact) mass is 314 g/mol. The number of anilines is 1. The van der Waals surface area contributed by atoms with E-state index in [1.807, 2.05) is 28.9 Å². The van der Waals surface area contributed by atoms with Gasteiger partial charge in [-0.2, -0.15) is 5.10 Å². The molecule has 0 aliphatic rings. The average Bonchev–Trinajstić information content (AvgIpc) is 2.96. The van der Waals surface area contributed by atoms with E-state index in [1.165, 1.54) is 0 Å². The molecule has 0 aromatic carbocycles. The van der Waals surface area contributed by atoms with Crippen LogP contribution in [-0.2, 0) is 11.2 Å². The topological polar surface area (TPSA) is 59.8 Å². The van der Waals surface area contributed by atoms with E-state index in [0.717, 1.165) is 30.8 Å². The standard InChI is InChI=1S/C18H26N4O/c1-14(2)13-15(3)22-17(10-12-20-22)21-18(23)9-6-8-16-7-4-5-11-19-16/h4-5,7,10-12,14-15H,6,8-9,13H2,1-3H3,(H,21,23)/t15-/m0/s1. The van der Waals surface area contributed by atoms with E-state index in [1.54, 1.807) is 12.4 Å². The summed E-state index contributed by atoms with van der Waals surface area (Å²) in [5, 5.41) is 7.31. The fourth-order valence-corrected chi connectivity index (χ4v) is 2.73. The molecule has 0 saturated heterocycles. The number of hydrogen-bond donors (Lipinski definition) is 1. The zero-order chi connectivity index (χ0) is 16.7. The molecule has 0 aliphatic heterocycles. The molecule has 0 radical (unpaired) electrons. The summed E-state index contributed by atoms with van der Waals surface area (Å²) in [6.45, 7) is 6.51. The van der Waals surface area contributed by atoms with Crippen LogP contribution in [0.1, 0.15) is 51.8 Å². The molecule has 23 heavy (non-hydrogen) atoms. The van der Waals surface area contributed by atoms with Gasteiger partial charge in [-0.3, -0.25) is 9.78 Å². The zero-order valence-corrected chi connectivity index (χ0v) is 14.2. The maximum atomic E-state index is 12.1. The molecule has 1 N–H and O–H groups in total. The summed E-state index contributed by atoms with van der Waals surface area (Å²) >= 11 is 0. The quantitative estimate of drug-likeness (QED) is 0.805. The lowest BCUT2D eigenvalue weighted by atomic mass is 10.1. The van der Waals surface area contributed by atoms with E-state index in [2.05, 4.69) is 36.2 Å². The third-order valence-electron chi connectivity index (χ3n) is 3.73. The summed E-state index contributed by atoms with van der Waals surface area (Å²) in [5.74, 6) is 1.40. The molecule has 0 fully saturated rings. The van der Waals surface area contributed by atoms with Crippen LogP contribution in [-0.4, -0.2) is 20.7 Å². The van der Waals surface area contributed by atoms with E-state index < -0.39 is 0 Å². The first-order chi connectivity index (χ1) is 11.1. The first kappa shape index (κ1) is 17.2. The minimum atomic E-state index is 0.0272. The summed E-state index contributed by atoms with van der Waals surface area (Å²) in [6, 6.07) is 7.98. The maximum Gasteiger partial charge on any atom is 0.225 e. The summed E-state index contributed by atoms with van der Waals surface area (Å²) < 4.78 is 1.90. The molecule has 0 unspecified atom stereocenters. The van der Waals surface area contributed by atoms with Crippen molar-refractivity contribution in [1.82, 2.24) is 14.8 Å². The van der Waals surface area contributed by atoms with Crippen LogP contribution in [0.5, 0.6) is 0 Å². The highest BCUT2D eigenvalue weighted by Gasteiger charge is 2.13. The number of hydrogen-bond acceptors (Lipinski definition) is 3. The smallest absolute Gasteiger partial charge is 0.225 e. The van der Waals surface area contributed by atoms with Gasteiger partial charge in [0, 0.05) is 24.4 Å². The van der Waals surface area contributed by atoms with Crippen molar-refractivity contribution in [2.24, 2.45) is 5.92 Å². The molecule has 0 bridgehead atoms. The first-order valence-corrected chi connectivity index (χ1v) is 8.29. The van der Waals surface area contributed by atoms with Gasteiger partial charge in [0.25, 0.3) is 0 Å². The Morgan fingerprint density at radius 1 is 1.22 bits per heavy atom. The predicted molar refractivity (Wildman–Crippen MR) is 92.2 cm³/mol. The normalized spacial score (nSPS) is 12.3. The van der Waals surface area contributed by atoms with Crippen LogP contribution in [0.4, 0.5) is 5.82 Å². The summed E-state index contributed by atoms with van der Waals surface area (Å²) in [4.78, 5) is 16.4. The van der Waals surface area contributed by atoms with Crippen LogP contribution in [0.15, 0.2) is 36.7 Å². The third-order valence-corrected chi connectivity index (χ3v) is 3.73. The van der Waals surface area contributed by atoms with Gasteiger partial charge in [-0.05, 0) is 44.2 Å². The Kier molecular flexibility index (Phi) is 6.32. The van der Waals surface area contributed by atoms with E-state index in [9.17, 15) is 4.79 Å². The van der Waals surface area contributed by atoms with Crippen molar-refractivity contribution in [2.45, 2.75) is 52.5 Å². The fraction of sp³-hybridized carbons (Fsp3) is 0.500. The number of pyridine rings is 1. The summed E-state index contributed by atoms with van der Waals surface area (Å²) in [5.41, 5.74) is 1.02. The predicted octanol–water partition coefficient (Wildman–Crippen LogP) is 3.85. The second-order valence-electron chi connectivity index (χ2n) is 6.36. The lowest BCUT2D eigenvalue weighted by Gasteiger charge is -2.17. The van der Waals surface area contributed by atoms with Gasteiger partial charge in [0.1, 0.15) is 5.82 Å². The largest absolute Gasteiger partial charge is 0.311 e. The Labute approximate surface area is 138 Å². The van der Waals surface area contributed by atoms with Crippen LogP contribution < -0.4 is 5.32 Å². The van der Waals surface area contributed by atoms with Crippen molar-refractivity contribution < 1.29 is 4.79 Å². The second kappa shape index (κ2) is 8.46. The Hall–Kier alpha value is -2.17. The van der Waals surface area contributed by atoms with Gasteiger partial charge in [-0.25, -0.2) is 4.68 Å². The molecule has 2 aromatic rings.